The molecule has 10 heavy (non-hydrogen) atoms. The van der Waals surface area contributed by atoms with Gasteiger partial charge in [0.2, 0.25) is 0 Å². The second-order valence-corrected chi connectivity index (χ2v) is 3.96. The molecule has 0 aliphatic carbocycles. The summed E-state index contributed by atoms with van der Waals surface area (Å²) < 4.78 is 6.00. The fourth-order valence-electron chi connectivity index (χ4n) is 0.812. The van der Waals surface area contributed by atoms with Gasteiger partial charge < -0.3 is 0 Å². The standard InChI is InChI=1S/C7H4IO2/c9-7-5-3-1-2-4-6(5)8-10-7/h1-4H/q-1. The van der Waals surface area contributed by atoms with Gasteiger partial charge in [0.05, 0.1) is 0 Å². The van der Waals surface area contributed by atoms with Crippen LogP contribution in [0.3, 0.4) is 0 Å². The van der Waals surface area contributed by atoms with E-state index in [1.54, 1.807) is 0 Å². The first-order valence-electron chi connectivity index (χ1n) is 2.83. The van der Waals surface area contributed by atoms with Crippen molar-refractivity contribution in [2.24, 2.45) is 0 Å². The second-order valence-electron chi connectivity index (χ2n) is 1.92. The molecule has 3 heteroatoms. The number of benzene rings is 1. The van der Waals surface area contributed by atoms with Gasteiger partial charge in [-0.1, -0.05) is 0 Å². The Morgan fingerprint density at radius 3 is 2.90 bits per heavy atom. The molecule has 0 aromatic heterocycles. The predicted molar refractivity (Wildman–Crippen MR) is 30.6 cm³/mol. The summed E-state index contributed by atoms with van der Waals surface area (Å²) >= 11 is -0.467. The van der Waals surface area contributed by atoms with Gasteiger partial charge >= 0.3 is 68.8 Å². The quantitative estimate of drug-likeness (QED) is 0.497. The maximum atomic E-state index is 10.9. The normalized spacial score (nSPS) is 15.4. The summed E-state index contributed by atoms with van der Waals surface area (Å²) in [5.41, 5.74) is 0.760. The van der Waals surface area contributed by atoms with E-state index in [2.05, 4.69) is 0 Å². The van der Waals surface area contributed by atoms with Gasteiger partial charge in [-0.2, -0.15) is 0 Å². The van der Waals surface area contributed by atoms with Crippen LogP contribution in [0.15, 0.2) is 24.3 Å². The van der Waals surface area contributed by atoms with Crippen LogP contribution in [0.5, 0.6) is 0 Å². The Kier molecular flexibility index (Phi) is 1.37. The molecule has 0 N–H and O–H groups in total. The molecular weight excluding hydrogens is 243 g/mol. The molecule has 0 spiro atoms. The van der Waals surface area contributed by atoms with Gasteiger partial charge in [0.1, 0.15) is 0 Å². The Bertz CT molecular complexity index is 283. The summed E-state index contributed by atoms with van der Waals surface area (Å²) in [6, 6.07) is 7.55. The second kappa shape index (κ2) is 2.23. The van der Waals surface area contributed by atoms with E-state index in [0.717, 1.165) is 9.13 Å². The third-order valence-electron chi connectivity index (χ3n) is 1.29. The molecule has 0 amide bonds. The van der Waals surface area contributed by atoms with Crippen LogP contribution in [0.2, 0.25) is 0 Å². The Morgan fingerprint density at radius 2 is 2.10 bits per heavy atom. The molecule has 1 aromatic rings. The Balaban J connectivity index is 2.61. The van der Waals surface area contributed by atoms with Crippen molar-refractivity contribution < 1.29 is 29.5 Å². The van der Waals surface area contributed by atoms with Crippen LogP contribution in [0.25, 0.3) is 0 Å². The molecule has 1 aliphatic heterocycles. The van der Waals surface area contributed by atoms with Crippen molar-refractivity contribution >= 4 is 5.97 Å². The number of halogens is 1. The molecule has 0 saturated heterocycles. The zero-order chi connectivity index (χ0) is 6.97. The molecular formula is C7H4IO2-. The van der Waals surface area contributed by atoms with Crippen molar-refractivity contribution in [3.8, 4) is 0 Å². The van der Waals surface area contributed by atoms with Gasteiger partial charge in [-0.15, -0.1) is 0 Å². The third kappa shape index (κ3) is 0.811. The van der Waals surface area contributed by atoms with Crippen molar-refractivity contribution in [1.82, 2.24) is 0 Å². The minimum absolute atomic E-state index is 0.150. The number of hydrogen-bond donors (Lipinski definition) is 0. The average molecular weight is 247 g/mol. The van der Waals surface area contributed by atoms with Crippen LogP contribution in [0.4, 0.5) is 0 Å². The minimum atomic E-state index is -0.467. The van der Waals surface area contributed by atoms with Crippen LogP contribution >= 0.6 is 0 Å². The maximum absolute atomic E-state index is 10.9. The molecule has 0 fully saturated rings. The molecule has 0 bridgehead atoms. The molecule has 2 nitrogen and oxygen atoms in total. The Morgan fingerprint density at radius 1 is 1.30 bits per heavy atom. The SMILES string of the molecule is O=C1O[I-]c2ccccc21. The molecule has 0 atom stereocenters. The first kappa shape index (κ1) is 6.15. The monoisotopic (exact) mass is 247 g/mol. The van der Waals surface area contributed by atoms with E-state index in [-0.39, 0.29) is 5.97 Å². The van der Waals surface area contributed by atoms with E-state index in [4.69, 9.17) is 3.07 Å². The molecule has 1 heterocycles. The molecule has 0 saturated carbocycles. The van der Waals surface area contributed by atoms with Crippen LogP contribution in [0, 0.1) is 3.57 Å². The number of carbonyl (C=O) groups is 1. The zero-order valence-electron chi connectivity index (χ0n) is 5.00. The number of fused-ring (bicyclic) bond motifs is 1. The van der Waals surface area contributed by atoms with E-state index in [9.17, 15) is 4.79 Å². The molecule has 1 aromatic carbocycles. The number of rotatable bonds is 0. The van der Waals surface area contributed by atoms with E-state index in [0.29, 0.717) is 0 Å². The summed E-state index contributed by atoms with van der Waals surface area (Å²) in [6.45, 7) is 0. The summed E-state index contributed by atoms with van der Waals surface area (Å²) in [4.78, 5) is 10.9. The fraction of sp³-hybridized carbons (Fsp3) is 0. The predicted octanol–water partition coefficient (Wildman–Crippen LogP) is -1.97. The van der Waals surface area contributed by atoms with Gasteiger partial charge in [-0.3, -0.25) is 0 Å². The van der Waals surface area contributed by atoms with Crippen LogP contribution in [-0.2, 0) is 3.07 Å². The van der Waals surface area contributed by atoms with Gasteiger partial charge in [0.15, 0.2) is 0 Å². The topological polar surface area (TPSA) is 26.3 Å². The van der Waals surface area contributed by atoms with E-state index in [1.807, 2.05) is 24.3 Å². The van der Waals surface area contributed by atoms with Crippen LogP contribution in [-0.4, -0.2) is 5.97 Å². The summed E-state index contributed by atoms with van der Waals surface area (Å²) in [5, 5.41) is 0. The first-order chi connectivity index (χ1) is 4.88. The summed E-state index contributed by atoms with van der Waals surface area (Å²) in [7, 11) is 0. The van der Waals surface area contributed by atoms with Crippen molar-refractivity contribution in [1.29, 1.82) is 0 Å². The molecule has 2 rings (SSSR count). The zero-order valence-corrected chi connectivity index (χ0v) is 7.16. The molecule has 0 unspecified atom stereocenters. The van der Waals surface area contributed by atoms with Crippen molar-refractivity contribution in [3.63, 3.8) is 0 Å². The first-order valence-corrected chi connectivity index (χ1v) is 4.79. The average Bonchev–Trinajstić information content (AvgIpc) is 2.34. The van der Waals surface area contributed by atoms with E-state index in [1.165, 1.54) is 0 Å². The Hall–Kier alpha value is -0.580. The summed E-state index contributed by atoms with van der Waals surface area (Å²) in [5.74, 6) is -0.150. The van der Waals surface area contributed by atoms with Gasteiger partial charge in [-0.25, -0.2) is 0 Å². The van der Waals surface area contributed by atoms with Gasteiger partial charge in [0.25, 0.3) is 0 Å². The summed E-state index contributed by atoms with van der Waals surface area (Å²) in [6.07, 6.45) is 0. The number of hydrogen-bond acceptors (Lipinski definition) is 2. The molecule has 0 radical (unpaired) electrons. The van der Waals surface area contributed by atoms with Crippen molar-refractivity contribution in [3.05, 3.63) is 33.4 Å². The van der Waals surface area contributed by atoms with Crippen molar-refractivity contribution in [2.45, 2.75) is 0 Å². The number of carbonyl (C=O) groups excluding carboxylic acids is 1. The molecule has 1 aliphatic rings. The fourth-order valence-corrected chi connectivity index (χ4v) is 2.48. The van der Waals surface area contributed by atoms with Crippen LogP contribution in [0.1, 0.15) is 10.4 Å². The van der Waals surface area contributed by atoms with E-state index >= 15 is 0 Å². The van der Waals surface area contributed by atoms with Crippen molar-refractivity contribution in [2.75, 3.05) is 0 Å². The van der Waals surface area contributed by atoms with Gasteiger partial charge in [0, 0.05) is 0 Å². The molecule has 52 valence electrons. The third-order valence-corrected chi connectivity index (χ3v) is 3.32. The van der Waals surface area contributed by atoms with E-state index < -0.39 is 21.6 Å². The Labute approximate surface area is 69.0 Å². The van der Waals surface area contributed by atoms with Crippen LogP contribution < -0.4 is 21.6 Å². The van der Waals surface area contributed by atoms with Gasteiger partial charge in [-0.05, 0) is 0 Å².